The minimum absolute atomic E-state index is 1.36. The molecule has 0 bridgehead atoms. The zero-order valence-corrected chi connectivity index (χ0v) is 21.3. The van der Waals surface area contributed by atoms with Gasteiger partial charge in [0, 0.05) is 0 Å². The van der Waals surface area contributed by atoms with Gasteiger partial charge in [-0.3, -0.25) is 0 Å². The van der Waals surface area contributed by atoms with Crippen molar-refractivity contribution in [3.05, 3.63) is 10.2 Å². The molecule has 0 aromatic carbocycles. The van der Waals surface area contributed by atoms with E-state index in [2.05, 4.69) is 27.7 Å². The quantitative estimate of drug-likeness (QED) is 0.134. The van der Waals surface area contributed by atoms with Crippen molar-refractivity contribution in [2.75, 3.05) is 0 Å². The third-order valence-electron chi connectivity index (χ3n) is 6.11. The molecular formula is C24H50Sn. The Kier molecular flexibility index (Phi) is 18.3. The van der Waals surface area contributed by atoms with Crippen molar-refractivity contribution in [2.45, 2.75) is 137 Å². The molecule has 150 valence electrons. The Hall–Kier alpha value is 0.539. The van der Waals surface area contributed by atoms with Crippen LogP contribution in [0, 0.1) is 0 Å². The van der Waals surface area contributed by atoms with Crippen LogP contribution in [-0.4, -0.2) is 18.4 Å². The first-order valence-electron chi connectivity index (χ1n) is 11.8. The first-order chi connectivity index (χ1) is 12.2. The summed E-state index contributed by atoms with van der Waals surface area (Å²) in [4.78, 5) is 0. The van der Waals surface area contributed by atoms with Crippen LogP contribution < -0.4 is 0 Å². The van der Waals surface area contributed by atoms with Crippen LogP contribution in [0.3, 0.4) is 0 Å². The number of unbranched alkanes of at least 4 members (excludes halogenated alkanes) is 10. The third kappa shape index (κ3) is 12.5. The molecule has 0 saturated carbocycles. The fourth-order valence-electron chi connectivity index (χ4n) is 4.19. The standard InChI is InChI=1S/C12H23.3C4H9.Sn/c1-3-5-7-9-11-12-10-8-6-4-2;3*1-3-4-2;/h1,4-12H2,2H3;3*1,3-4H2,2H3;. The summed E-state index contributed by atoms with van der Waals surface area (Å²) in [5.41, 5.74) is 0. The van der Waals surface area contributed by atoms with E-state index in [4.69, 9.17) is 6.58 Å². The summed E-state index contributed by atoms with van der Waals surface area (Å²) in [7, 11) is 0. The SMILES string of the molecule is C=[C](CCCCCCCCCC)[Sn]([CH2]CCC)([CH2]CCC)[CH2]CCC. The Morgan fingerprint density at radius 2 is 0.880 bits per heavy atom. The van der Waals surface area contributed by atoms with Gasteiger partial charge in [0.25, 0.3) is 0 Å². The number of hydrogen-bond acceptors (Lipinski definition) is 0. The molecule has 0 aliphatic heterocycles. The van der Waals surface area contributed by atoms with E-state index in [1.807, 2.05) is 3.59 Å². The summed E-state index contributed by atoms with van der Waals surface area (Å²) in [5, 5.41) is 0. The van der Waals surface area contributed by atoms with Crippen LogP contribution in [-0.2, 0) is 0 Å². The molecule has 0 N–H and O–H groups in total. The van der Waals surface area contributed by atoms with Gasteiger partial charge in [-0.2, -0.15) is 0 Å². The fourth-order valence-corrected chi connectivity index (χ4v) is 20.2. The van der Waals surface area contributed by atoms with Crippen LogP contribution in [0.25, 0.3) is 0 Å². The van der Waals surface area contributed by atoms with Crippen molar-refractivity contribution in [1.29, 1.82) is 0 Å². The van der Waals surface area contributed by atoms with E-state index < -0.39 is 18.4 Å². The van der Waals surface area contributed by atoms with Gasteiger partial charge in [-0.25, -0.2) is 0 Å². The second-order valence-electron chi connectivity index (χ2n) is 8.42. The normalized spacial score (nSPS) is 11.8. The van der Waals surface area contributed by atoms with E-state index >= 15 is 0 Å². The van der Waals surface area contributed by atoms with Gasteiger partial charge in [-0.1, -0.05) is 0 Å². The average Bonchev–Trinajstić information content (AvgIpc) is 2.63. The molecule has 0 saturated heterocycles. The molecule has 0 atom stereocenters. The van der Waals surface area contributed by atoms with Crippen LogP contribution in [0.2, 0.25) is 13.3 Å². The Balaban J connectivity index is 4.37. The van der Waals surface area contributed by atoms with Crippen LogP contribution in [0.5, 0.6) is 0 Å². The van der Waals surface area contributed by atoms with Gasteiger partial charge in [0.1, 0.15) is 0 Å². The predicted octanol–water partition coefficient (Wildman–Crippen LogP) is 9.46. The van der Waals surface area contributed by atoms with Crippen LogP contribution in [0.1, 0.15) is 124 Å². The van der Waals surface area contributed by atoms with Crippen molar-refractivity contribution in [1.82, 2.24) is 0 Å². The van der Waals surface area contributed by atoms with Gasteiger partial charge in [-0.05, 0) is 0 Å². The van der Waals surface area contributed by atoms with Gasteiger partial charge in [0.05, 0.1) is 0 Å². The maximum absolute atomic E-state index is 4.74. The minimum atomic E-state index is -2.11. The molecule has 0 radical (unpaired) electrons. The van der Waals surface area contributed by atoms with E-state index in [1.54, 1.807) is 13.3 Å². The number of hydrogen-bond donors (Lipinski definition) is 0. The molecule has 1 heteroatoms. The van der Waals surface area contributed by atoms with E-state index in [0.29, 0.717) is 0 Å². The summed E-state index contributed by atoms with van der Waals surface area (Å²) in [6, 6.07) is 0. The zero-order chi connectivity index (χ0) is 18.8. The first kappa shape index (κ1) is 25.5. The second-order valence-corrected chi connectivity index (χ2v) is 22.0. The topological polar surface area (TPSA) is 0 Å². The molecule has 0 heterocycles. The third-order valence-corrected chi connectivity index (χ3v) is 22.3. The second kappa shape index (κ2) is 17.9. The molecule has 0 aromatic rings. The Morgan fingerprint density at radius 1 is 0.520 bits per heavy atom. The van der Waals surface area contributed by atoms with Crippen LogP contribution >= 0.6 is 0 Å². The molecule has 0 rings (SSSR count). The summed E-state index contributed by atoms with van der Waals surface area (Å²) in [5.74, 6) is 0. The van der Waals surface area contributed by atoms with Crippen molar-refractivity contribution >= 4 is 18.4 Å². The van der Waals surface area contributed by atoms with Crippen LogP contribution in [0.15, 0.2) is 10.2 Å². The Morgan fingerprint density at radius 3 is 1.28 bits per heavy atom. The molecular weight excluding hydrogens is 407 g/mol. The van der Waals surface area contributed by atoms with E-state index in [9.17, 15) is 0 Å². The van der Waals surface area contributed by atoms with Crippen molar-refractivity contribution in [2.24, 2.45) is 0 Å². The predicted molar refractivity (Wildman–Crippen MR) is 121 cm³/mol. The maximum atomic E-state index is 4.74. The Bertz CT molecular complexity index is 273. The number of rotatable bonds is 19. The van der Waals surface area contributed by atoms with E-state index in [0.717, 1.165) is 0 Å². The monoisotopic (exact) mass is 458 g/mol. The van der Waals surface area contributed by atoms with Crippen molar-refractivity contribution in [3.8, 4) is 0 Å². The molecule has 0 fully saturated rings. The van der Waals surface area contributed by atoms with E-state index in [1.165, 1.54) is 96.3 Å². The molecule has 0 nitrogen and oxygen atoms in total. The molecule has 0 aliphatic rings. The Labute approximate surface area is 165 Å². The molecule has 0 unspecified atom stereocenters. The van der Waals surface area contributed by atoms with Gasteiger partial charge in [0.2, 0.25) is 0 Å². The molecule has 0 aliphatic carbocycles. The molecule has 25 heavy (non-hydrogen) atoms. The van der Waals surface area contributed by atoms with Crippen LogP contribution in [0.4, 0.5) is 0 Å². The molecule has 0 spiro atoms. The number of allylic oxidation sites excluding steroid dienone is 1. The van der Waals surface area contributed by atoms with Gasteiger partial charge in [0.15, 0.2) is 0 Å². The van der Waals surface area contributed by atoms with Gasteiger partial charge in [-0.15, -0.1) is 0 Å². The first-order valence-corrected chi connectivity index (χ1v) is 19.3. The van der Waals surface area contributed by atoms with Gasteiger partial charge >= 0.3 is 166 Å². The van der Waals surface area contributed by atoms with Crippen molar-refractivity contribution < 1.29 is 0 Å². The zero-order valence-electron chi connectivity index (χ0n) is 18.4. The summed E-state index contributed by atoms with van der Waals surface area (Å²) < 4.78 is 6.61. The van der Waals surface area contributed by atoms with Gasteiger partial charge < -0.3 is 0 Å². The summed E-state index contributed by atoms with van der Waals surface area (Å²) in [6.45, 7) is 14.2. The molecule has 0 aromatic heterocycles. The summed E-state index contributed by atoms with van der Waals surface area (Å²) in [6.07, 6.45) is 21.4. The molecule has 0 amide bonds. The fraction of sp³-hybridized carbons (Fsp3) is 0.917. The van der Waals surface area contributed by atoms with Crippen molar-refractivity contribution in [3.63, 3.8) is 0 Å². The summed E-state index contributed by atoms with van der Waals surface area (Å²) >= 11 is -2.11. The van der Waals surface area contributed by atoms with E-state index in [-0.39, 0.29) is 0 Å². The average molecular weight is 457 g/mol.